The maximum absolute atomic E-state index is 13.6. The standard InChI is InChI=1S/C11H16F2NO3P/c1-3-16-18(15,17-4-2)11(14)10-8(12)6-5-7-9(10)13/h5-7,11H,3-4,14H2,1-2H3/t11-/m1/s1. The second-order valence-electron chi connectivity index (χ2n) is 3.46. The van der Waals surface area contributed by atoms with Crippen molar-refractivity contribution in [3.05, 3.63) is 35.4 Å². The molecule has 0 aliphatic heterocycles. The maximum Gasteiger partial charge on any atom is 0.351 e. The number of rotatable bonds is 6. The molecule has 2 N–H and O–H groups in total. The summed E-state index contributed by atoms with van der Waals surface area (Å²) < 4.78 is 49.4. The highest BCUT2D eigenvalue weighted by atomic mass is 31.2. The third-order valence-electron chi connectivity index (χ3n) is 2.25. The lowest BCUT2D eigenvalue weighted by molar-refractivity contribution is 0.211. The quantitative estimate of drug-likeness (QED) is 0.812. The van der Waals surface area contributed by atoms with Gasteiger partial charge in [0.15, 0.2) is 0 Å². The summed E-state index contributed by atoms with van der Waals surface area (Å²) in [7, 11) is -3.79. The van der Waals surface area contributed by atoms with Crippen molar-refractivity contribution in [2.45, 2.75) is 19.6 Å². The van der Waals surface area contributed by atoms with Crippen molar-refractivity contribution in [2.24, 2.45) is 5.73 Å². The Kier molecular flexibility index (Phi) is 5.41. The first-order chi connectivity index (χ1) is 8.46. The monoisotopic (exact) mass is 279 g/mol. The van der Waals surface area contributed by atoms with E-state index in [2.05, 4.69) is 0 Å². The first kappa shape index (κ1) is 15.2. The molecule has 1 aromatic carbocycles. The van der Waals surface area contributed by atoms with Crippen LogP contribution in [0.1, 0.15) is 25.2 Å². The zero-order chi connectivity index (χ0) is 13.8. The summed E-state index contributed by atoms with van der Waals surface area (Å²) in [5.74, 6) is -3.23. The van der Waals surface area contributed by atoms with Gasteiger partial charge in [-0.15, -0.1) is 0 Å². The molecule has 0 saturated heterocycles. The molecule has 4 nitrogen and oxygen atoms in total. The van der Waals surface area contributed by atoms with Crippen LogP contribution in [0.2, 0.25) is 0 Å². The van der Waals surface area contributed by atoms with Crippen LogP contribution in [-0.2, 0) is 13.6 Å². The Morgan fingerprint density at radius 3 is 2.06 bits per heavy atom. The highest BCUT2D eigenvalue weighted by molar-refractivity contribution is 7.54. The topological polar surface area (TPSA) is 61.5 Å². The summed E-state index contributed by atoms with van der Waals surface area (Å²) >= 11 is 0. The van der Waals surface area contributed by atoms with Gasteiger partial charge in [0.25, 0.3) is 0 Å². The van der Waals surface area contributed by atoms with Gasteiger partial charge in [-0.25, -0.2) is 8.78 Å². The lowest BCUT2D eigenvalue weighted by atomic mass is 10.2. The summed E-state index contributed by atoms with van der Waals surface area (Å²) in [4.78, 5) is 0. The van der Waals surface area contributed by atoms with Gasteiger partial charge in [0, 0.05) is 0 Å². The molecule has 1 atom stereocenters. The number of halogens is 2. The molecular formula is C11H16F2NO3P. The van der Waals surface area contributed by atoms with Gasteiger partial charge in [0.05, 0.1) is 18.8 Å². The second kappa shape index (κ2) is 6.38. The number of hydrogen-bond acceptors (Lipinski definition) is 4. The average Bonchev–Trinajstić information content (AvgIpc) is 2.29. The lowest BCUT2D eigenvalue weighted by Gasteiger charge is -2.23. The molecule has 0 saturated carbocycles. The van der Waals surface area contributed by atoms with Crippen molar-refractivity contribution in [2.75, 3.05) is 13.2 Å². The molecule has 7 heteroatoms. The maximum atomic E-state index is 13.6. The zero-order valence-electron chi connectivity index (χ0n) is 10.2. The van der Waals surface area contributed by atoms with Crippen LogP contribution < -0.4 is 5.73 Å². The molecule has 1 rings (SSSR count). The van der Waals surface area contributed by atoms with Crippen molar-refractivity contribution in [3.63, 3.8) is 0 Å². The number of benzene rings is 1. The third kappa shape index (κ3) is 3.14. The molecule has 18 heavy (non-hydrogen) atoms. The van der Waals surface area contributed by atoms with Crippen LogP contribution in [0.3, 0.4) is 0 Å². The largest absolute Gasteiger partial charge is 0.351 e. The third-order valence-corrected chi connectivity index (χ3v) is 4.43. The van der Waals surface area contributed by atoms with E-state index in [-0.39, 0.29) is 13.2 Å². The molecule has 0 amide bonds. The van der Waals surface area contributed by atoms with E-state index < -0.39 is 30.6 Å². The average molecular weight is 279 g/mol. The lowest BCUT2D eigenvalue weighted by Crippen LogP contribution is -2.18. The number of nitrogens with two attached hydrogens (primary N) is 1. The van der Waals surface area contributed by atoms with E-state index >= 15 is 0 Å². The van der Waals surface area contributed by atoms with E-state index in [0.717, 1.165) is 12.1 Å². The SMILES string of the molecule is CCOP(=O)(OCC)[C@@H](N)c1c(F)cccc1F. The molecular weight excluding hydrogens is 263 g/mol. The fourth-order valence-corrected chi connectivity index (χ4v) is 3.19. The van der Waals surface area contributed by atoms with Gasteiger partial charge < -0.3 is 14.8 Å². The summed E-state index contributed by atoms with van der Waals surface area (Å²) in [6.45, 7) is 3.33. The van der Waals surface area contributed by atoms with Gasteiger partial charge in [0.1, 0.15) is 17.4 Å². The molecule has 0 radical (unpaired) electrons. The molecule has 0 fully saturated rings. The van der Waals surface area contributed by atoms with E-state index in [0.29, 0.717) is 0 Å². The Hall–Kier alpha value is -0.810. The van der Waals surface area contributed by atoms with Crippen molar-refractivity contribution in [1.82, 2.24) is 0 Å². The van der Waals surface area contributed by atoms with Crippen LogP contribution in [0.25, 0.3) is 0 Å². The summed E-state index contributed by atoms with van der Waals surface area (Å²) in [5, 5.41) is 0. The van der Waals surface area contributed by atoms with Crippen LogP contribution in [0, 0.1) is 11.6 Å². The van der Waals surface area contributed by atoms with Crippen LogP contribution in [-0.4, -0.2) is 13.2 Å². The molecule has 0 aliphatic carbocycles. The van der Waals surface area contributed by atoms with Gasteiger partial charge in [-0.1, -0.05) is 6.07 Å². The molecule has 1 aromatic rings. The zero-order valence-corrected chi connectivity index (χ0v) is 11.1. The van der Waals surface area contributed by atoms with Crippen LogP contribution in [0.4, 0.5) is 8.78 Å². The Morgan fingerprint density at radius 2 is 1.67 bits per heavy atom. The van der Waals surface area contributed by atoms with Crippen molar-refractivity contribution < 1.29 is 22.4 Å². The van der Waals surface area contributed by atoms with E-state index in [1.54, 1.807) is 13.8 Å². The van der Waals surface area contributed by atoms with E-state index in [1.165, 1.54) is 6.07 Å². The number of hydrogen-bond donors (Lipinski definition) is 1. The molecule has 0 aliphatic rings. The van der Waals surface area contributed by atoms with Crippen LogP contribution >= 0.6 is 7.60 Å². The molecule has 0 spiro atoms. The van der Waals surface area contributed by atoms with Gasteiger partial charge in [-0.05, 0) is 26.0 Å². The smallest absolute Gasteiger partial charge is 0.314 e. The fraction of sp³-hybridized carbons (Fsp3) is 0.455. The Bertz CT molecular complexity index is 426. The molecule has 0 unspecified atom stereocenters. The van der Waals surface area contributed by atoms with Crippen molar-refractivity contribution >= 4 is 7.60 Å². The minimum atomic E-state index is -3.79. The predicted molar refractivity (Wildman–Crippen MR) is 64.1 cm³/mol. The predicted octanol–water partition coefficient (Wildman–Crippen LogP) is 3.19. The van der Waals surface area contributed by atoms with E-state index in [4.69, 9.17) is 14.8 Å². The normalized spacial score (nSPS) is 13.6. The fourth-order valence-electron chi connectivity index (χ4n) is 1.51. The van der Waals surface area contributed by atoms with E-state index in [1.807, 2.05) is 0 Å². The first-order valence-electron chi connectivity index (χ1n) is 5.54. The summed E-state index contributed by atoms with van der Waals surface area (Å²) in [6, 6.07) is 3.29. The van der Waals surface area contributed by atoms with Crippen molar-refractivity contribution in [3.8, 4) is 0 Å². The second-order valence-corrected chi connectivity index (χ2v) is 5.61. The highest BCUT2D eigenvalue weighted by Crippen LogP contribution is 2.58. The van der Waals surface area contributed by atoms with E-state index in [9.17, 15) is 13.3 Å². The van der Waals surface area contributed by atoms with Gasteiger partial charge in [-0.3, -0.25) is 4.57 Å². The van der Waals surface area contributed by atoms with Crippen molar-refractivity contribution in [1.29, 1.82) is 0 Å². The highest BCUT2D eigenvalue weighted by Gasteiger charge is 2.37. The molecule has 0 heterocycles. The molecule has 0 aromatic heterocycles. The first-order valence-corrected chi connectivity index (χ1v) is 7.15. The van der Waals surface area contributed by atoms with Gasteiger partial charge in [-0.2, -0.15) is 0 Å². The van der Waals surface area contributed by atoms with Gasteiger partial charge in [0.2, 0.25) is 0 Å². The summed E-state index contributed by atoms with van der Waals surface area (Å²) in [6.07, 6.45) is 0. The Morgan fingerprint density at radius 1 is 1.22 bits per heavy atom. The van der Waals surface area contributed by atoms with Crippen LogP contribution in [0.5, 0.6) is 0 Å². The minimum absolute atomic E-state index is 0.0705. The summed E-state index contributed by atoms with van der Waals surface area (Å²) in [5.41, 5.74) is 5.17. The van der Waals surface area contributed by atoms with Crippen LogP contribution in [0.15, 0.2) is 18.2 Å². The minimum Gasteiger partial charge on any atom is -0.314 e. The molecule has 102 valence electrons. The Balaban J connectivity index is 3.17. The molecule has 0 bridgehead atoms. The van der Waals surface area contributed by atoms with Gasteiger partial charge >= 0.3 is 7.60 Å². The Labute approximate surface area is 105 Å².